The lowest BCUT2D eigenvalue weighted by Gasteiger charge is -2.06. The number of rotatable bonds is 14. The highest BCUT2D eigenvalue weighted by Gasteiger charge is 2.00. The summed E-state index contributed by atoms with van der Waals surface area (Å²) in [6.07, 6.45) is 20.7. The quantitative estimate of drug-likeness (QED) is 0.303. The molecule has 0 aromatic heterocycles. The van der Waals surface area contributed by atoms with Gasteiger partial charge in [0.25, 0.3) is 0 Å². The van der Waals surface area contributed by atoms with E-state index in [2.05, 4.69) is 55.8 Å². The van der Waals surface area contributed by atoms with E-state index in [-0.39, 0.29) is 0 Å². The van der Waals surface area contributed by atoms with Crippen molar-refractivity contribution in [2.24, 2.45) is 0 Å². The maximum Gasteiger partial charge on any atom is -0.00867 e. The lowest BCUT2D eigenvalue weighted by Crippen LogP contribution is -1.86. The average molecular weight is 338 g/mol. The molecule has 0 saturated carbocycles. The molecule has 0 unspecified atom stereocenters. The summed E-state index contributed by atoms with van der Waals surface area (Å²) >= 11 is 0. The van der Waals surface area contributed by atoms with Gasteiger partial charge in [-0.05, 0) is 29.2 Å². The molecule has 0 heteroatoms. The van der Waals surface area contributed by atoms with E-state index in [9.17, 15) is 0 Å². The molecule has 25 heavy (non-hydrogen) atoms. The molecule has 0 bridgehead atoms. The highest BCUT2D eigenvalue weighted by Crippen LogP contribution is 2.22. The molecule has 137 valence electrons. The molecule has 0 fully saturated rings. The summed E-state index contributed by atoms with van der Waals surface area (Å²) in [6.45, 7) is 2.29. The van der Waals surface area contributed by atoms with Gasteiger partial charge in [-0.25, -0.2) is 0 Å². The molecule has 0 aliphatic rings. The van der Waals surface area contributed by atoms with E-state index in [4.69, 9.17) is 0 Å². The van der Waals surface area contributed by atoms with Crippen molar-refractivity contribution in [3.63, 3.8) is 0 Å². The molecule has 2 aromatic carbocycles. The van der Waals surface area contributed by atoms with Gasteiger partial charge in [0.15, 0.2) is 0 Å². The Morgan fingerprint density at radius 3 is 1.84 bits per heavy atom. The maximum absolute atomic E-state index is 2.43. The predicted molar refractivity (Wildman–Crippen MR) is 113 cm³/mol. The minimum Gasteiger partial charge on any atom is -0.0654 e. The van der Waals surface area contributed by atoms with Crippen molar-refractivity contribution in [3.05, 3.63) is 54.4 Å². The normalized spacial score (nSPS) is 11.2. The third-order valence-corrected chi connectivity index (χ3v) is 5.25. The Hall–Kier alpha value is -1.30. The summed E-state index contributed by atoms with van der Waals surface area (Å²) in [7, 11) is 0. The van der Waals surface area contributed by atoms with Crippen LogP contribution >= 0.6 is 0 Å². The molecule has 0 heterocycles. The topological polar surface area (TPSA) is 0 Å². The monoisotopic (exact) mass is 337 g/mol. The van der Waals surface area contributed by atoms with Crippen molar-refractivity contribution in [1.29, 1.82) is 0 Å². The van der Waals surface area contributed by atoms with Gasteiger partial charge in [-0.3, -0.25) is 0 Å². The molecule has 0 atom stereocenters. The summed E-state index contributed by atoms with van der Waals surface area (Å²) in [5.74, 6) is 0. The third kappa shape index (κ3) is 8.08. The van der Waals surface area contributed by atoms with Crippen LogP contribution in [0.25, 0.3) is 10.8 Å². The minimum absolute atomic E-state index is 1.21. The summed E-state index contributed by atoms with van der Waals surface area (Å²) in [5.41, 5.74) is 1.40. The van der Waals surface area contributed by atoms with Crippen LogP contribution in [0.1, 0.15) is 96.0 Å². The summed E-state index contributed by atoms with van der Waals surface area (Å²) in [4.78, 5) is 0. The molecule has 0 aliphatic heterocycles. The number of benzene rings is 2. The lowest BCUT2D eigenvalue weighted by atomic mass is 9.99. The molecule has 0 saturated heterocycles. The van der Waals surface area contributed by atoms with E-state index in [0.717, 1.165) is 0 Å². The largest absolute Gasteiger partial charge is 0.0654 e. The second kappa shape index (κ2) is 13.0. The van der Waals surface area contributed by atoms with Gasteiger partial charge in [0.1, 0.15) is 0 Å². The van der Waals surface area contributed by atoms with Crippen molar-refractivity contribution in [2.75, 3.05) is 0 Å². The highest BCUT2D eigenvalue weighted by atomic mass is 14.1. The van der Waals surface area contributed by atoms with Crippen LogP contribution in [0.5, 0.6) is 0 Å². The second-order valence-corrected chi connectivity index (χ2v) is 7.45. The van der Waals surface area contributed by atoms with Crippen molar-refractivity contribution < 1.29 is 0 Å². The van der Waals surface area contributed by atoms with Gasteiger partial charge in [-0.1, -0.05) is 126 Å². The van der Waals surface area contributed by atoms with Gasteiger partial charge in [-0.15, -0.1) is 0 Å². The first-order chi connectivity index (χ1) is 12.4. The first-order valence-corrected chi connectivity index (χ1v) is 10.7. The smallest absolute Gasteiger partial charge is 0.00867 e. The molecule has 0 nitrogen and oxygen atoms in total. The van der Waals surface area contributed by atoms with Crippen molar-refractivity contribution in [1.82, 2.24) is 0 Å². The summed E-state index contributed by atoms with van der Waals surface area (Å²) in [5, 5.41) is 2.75. The Morgan fingerprint density at radius 1 is 0.600 bits per heavy atom. The van der Waals surface area contributed by atoms with Crippen LogP contribution in [-0.2, 0) is 0 Å². The predicted octanol–water partition coefficient (Wildman–Crippen LogP) is 8.48. The van der Waals surface area contributed by atoms with E-state index < -0.39 is 0 Å². The van der Waals surface area contributed by atoms with E-state index in [1.54, 1.807) is 0 Å². The first kappa shape index (κ1) is 20.0. The number of hydrogen-bond acceptors (Lipinski definition) is 0. The summed E-state index contributed by atoms with van der Waals surface area (Å²) in [6, 6.07) is 15.3. The zero-order chi connectivity index (χ0) is 17.6. The van der Waals surface area contributed by atoms with E-state index in [0.29, 0.717) is 0 Å². The van der Waals surface area contributed by atoms with Gasteiger partial charge in [-0.2, -0.15) is 0 Å². The van der Waals surface area contributed by atoms with E-state index >= 15 is 0 Å². The molecule has 0 amide bonds. The van der Waals surface area contributed by atoms with E-state index in [1.807, 2.05) is 0 Å². The Bertz CT molecular complexity index is 564. The Labute approximate surface area is 156 Å². The van der Waals surface area contributed by atoms with Crippen molar-refractivity contribution in [3.8, 4) is 0 Å². The van der Waals surface area contributed by atoms with Crippen LogP contribution in [0.2, 0.25) is 0 Å². The van der Waals surface area contributed by atoms with E-state index in [1.165, 1.54) is 99.8 Å². The van der Waals surface area contributed by atoms with Gasteiger partial charge >= 0.3 is 0 Å². The van der Waals surface area contributed by atoms with Gasteiger partial charge < -0.3 is 0 Å². The third-order valence-electron chi connectivity index (χ3n) is 5.25. The molecular weight excluding hydrogens is 300 g/mol. The van der Waals surface area contributed by atoms with Gasteiger partial charge in [0, 0.05) is 0 Å². The fourth-order valence-corrected chi connectivity index (χ4v) is 3.67. The molecule has 0 aliphatic carbocycles. The maximum atomic E-state index is 2.43. The minimum atomic E-state index is 1.21. The number of hydrogen-bond donors (Lipinski definition) is 0. The van der Waals surface area contributed by atoms with Crippen molar-refractivity contribution >= 4 is 10.8 Å². The van der Waals surface area contributed by atoms with Gasteiger partial charge in [0.2, 0.25) is 0 Å². The van der Waals surface area contributed by atoms with Crippen LogP contribution in [0, 0.1) is 6.42 Å². The molecule has 0 N–H and O–H groups in total. The Morgan fingerprint density at radius 2 is 1.16 bits per heavy atom. The SMILES string of the molecule is CCCCCCCCCCCCCC[CH]c1cccc2ccccc12. The number of fused-ring (bicyclic) bond motifs is 1. The van der Waals surface area contributed by atoms with Gasteiger partial charge in [0.05, 0.1) is 0 Å². The fraction of sp³-hybridized carbons (Fsp3) is 0.560. The molecular formula is C25H37. The Balaban J connectivity index is 1.46. The molecule has 0 spiro atoms. The summed E-state index contributed by atoms with van der Waals surface area (Å²) < 4.78 is 0. The zero-order valence-electron chi connectivity index (χ0n) is 16.3. The van der Waals surface area contributed by atoms with Crippen LogP contribution in [0.3, 0.4) is 0 Å². The van der Waals surface area contributed by atoms with Crippen LogP contribution in [0.15, 0.2) is 42.5 Å². The second-order valence-electron chi connectivity index (χ2n) is 7.45. The molecule has 1 radical (unpaired) electrons. The zero-order valence-corrected chi connectivity index (χ0v) is 16.3. The van der Waals surface area contributed by atoms with Crippen molar-refractivity contribution in [2.45, 2.75) is 90.4 Å². The Kier molecular flexibility index (Phi) is 10.4. The highest BCUT2D eigenvalue weighted by molar-refractivity contribution is 5.86. The molecule has 2 rings (SSSR count). The first-order valence-electron chi connectivity index (χ1n) is 10.7. The van der Waals surface area contributed by atoms with Crippen LogP contribution < -0.4 is 0 Å². The lowest BCUT2D eigenvalue weighted by molar-refractivity contribution is 0.544. The van der Waals surface area contributed by atoms with Crippen LogP contribution in [0.4, 0.5) is 0 Å². The number of unbranched alkanes of at least 4 members (excludes halogenated alkanes) is 12. The average Bonchev–Trinajstić information content (AvgIpc) is 2.65. The van der Waals surface area contributed by atoms with Crippen LogP contribution in [-0.4, -0.2) is 0 Å². The molecule has 2 aromatic rings. The standard InChI is InChI=1S/C25H37/c1-2-3-4-5-6-7-8-9-10-11-12-13-14-18-23-20-17-21-24-19-15-16-22-25(23)24/h15-22H,2-14H2,1H3. The fourth-order valence-electron chi connectivity index (χ4n) is 3.67.